The van der Waals surface area contributed by atoms with Crippen molar-refractivity contribution in [1.82, 2.24) is 9.78 Å². The number of hydrogen-bond acceptors (Lipinski definition) is 4. The van der Waals surface area contributed by atoms with Gasteiger partial charge >= 0.3 is 0 Å². The number of nitrogens with zero attached hydrogens (tertiary/aromatic N) is 3. The number of halogens is 1. The molecular weight excluding hydrogens is 451 g/mol. The monoisotopic (exact) mass is 488 g/mol. The van der Waals surface area contributed by atoms with Crippen LogP contribution >= 0.6 is 20.8 Å². The van der Waals surface area contributed by atoms with Crippen molar-refractivity contribution in [3.63, 3.8) is 0 Å². The molecule has 0 saturated carbocycles. The average molecular weight is 489 g/mol. The molecule has 0 aliphatic carbocycles. The molecule has 1 aromatic heterocycles. The lowest BCUT2D eigenvalue weighted by molar-refractivity contribution is 0.128. The molecule has 2 N–H and O–H groups in total. The quantitative estimate of drug-likeness (QED) is 0.200. The van der Waals surface area contributed by atoms with Crippen LogP contribution in [0, 0.1) is 6.92 Å². The predicted octanol–water partition coefficient (Wildman–Crippen LogP) is 6.91. The van der Waals surface area contributed by atoms with E-state index in [0.29, 0.717) is 23.3 Å². The minimum atomic E-state index is -0.311. The summed E-state index contributed by atoms with van der Waals surface area (Å²) in [4.78, 5) is 4.73. The first-order valence-corrected chi connectivity index (χ1v) is 12.8. The van der Waals surface area contributed by atoms with Gasteiger partial charge in [0.2, 0.25) is 5.88 Å². The number of aromatic nitrogens is 2. The fourth-order valence-electron chi connectivity index (χ4n) is 3.87. The number of aliphatic imine (C=N–C) groups is 1. The zero-order valence-electron chi connectivity index (χ0n) is 20.6. The molecule has 7 heteroatoms. The van der Waals surface area contributed by atoms with Gasteiger partial charge in [0.15, 0.2) is 0 Å². The van der Waals surface area contributed by atoms with Gasteiger partial charge in [0, 0.05) is 17.3 Å². The smallest absolute Gasteiger partial charge is 0.233 e. The minimum Gasteiger partial charge on any atom is -0.468 e. The van der Waals surface area contributed by atoms with E-state index < -0.39 is 0 Å². The third-order valence-electron chi connectivity index (χ3n) is 5.68. The van der Waals surface area contributed by atoms with Crippen LogP contribution in [0.1, 0.15) is 81.4 Å². The van der Waals surface area contributed by atoms with Crippen LogP contribution in [-0.2, 0) is 11.2 Å². The number of hydrogen-bond donors (Lipinski definition) is 1. The molecule has 0 amide bonds. The number of rotatable bonds is 12. The molecular formula is C26H38ClN4OP. The van der Waals surface area contributed by atoms with E-state index in [4.69, 9.17) is 27.1 Å². The molecule has 0 radical (unpaired) electrons. The van der Waals surface area contributed by atoms with Crippen LogP contribution in [0.3, 0.4) is 0 Å². The van der Waals surface area contributed by atoms with Gasteiger partial charge in [-0.2, -0.15) is 5.10 Å². The van der Waals surface area contributed by atoms with Crippen molar-refractivity contribution in [2.45, 2.75) is 72.4 Å². The average Bonchev–Trinajstić information content (AvgIpc) is 3.27. The van der Waals surface area contributed by atoms with Crippen LogP contribution in [0.5, 0.6) is 0 Å². The van der Waals surface area contributed by atoms with Crippen molar-refractivity contribution in [2.75, 3.05) is 6.16 Å². The lowest BCUT2D eigenvalue weighted by atomic mass is 9.98. The molecule has 0 aliphatic heterocycles. The van der Waals surface area contributed by atoms with Gasteiger partial charge < -0.3 is 10.5 Å². The maximum Gasteiger partial charge on any atom is 0.233 e. The molecule has 0 spiro atoms. The number of aryl methyl sites for hydroxylation is 2. The first-order valence-electron chi connectivity index (χ1n) is 11.6. The highest BCUT2D eigenvalue weighted by Gasteiger charge is 2.19. The fourth-order valence-corrected chi connectivity index (χ4v) is 4.59. The van der Waals surface area contributed by atoms with Gasteiger partial charge in [-0.3, -0.25) is 4.68 Å². The van der Waals surface area contributed by atoms with E-state index in [1.807, 2.05) is 37.0 Å². The highest BCUT2D eigenvalue weighted by molar-refractivity contribution is 7.16. The van der Waals surface area contributed by atoms with Gasteiger partial charge in [0.25, 0.3) is 0 Å². The van der Waals surface area contributed by atoms with E-state index >= 15 is 0 Å². The molecule has 5 nitrogen and oxygen atoms in total. The van der Waals surface area contributed by atoms with E-state index in [2.05, 4.69) is 40.8 Å². The molecule has 0 bridgehead atoms. The number of benzene rings is 1. The summed E-state index contributed by atoms with van der Waals surface area (Å²) in [6.45, 7) is 14.0. The van der Waals surface area contributed by atoms with E-state index in [1.54, 1.807) is 13.0 Å². The largest absolute Gasteiger partial charge is 0.468 e. The minimum absolute atomic E-state index is 0.311. The Morgan fingerprint density at radius 1 is 1.36 bits per heavy atom. The zero-order chi connectivity index (χ0) is 24.5. The molecule has 3 unspecified atom stereocenters. The van der Waals surface area contributed by atoms with Crippen LogP contribution in [0.25, 0.3) is 0 Å². The Kier molecular flexibility index (Phi) is 10.7. The Balaban J connectivity index is 2.37. The molecule has 0 fully saturated rings. The van der Waals surface area contributed by atoms with Gasteiger partial charge in [-0.05, 0) is 63.4 Å². The maximum atomic E-state index is 6.66. The highest BCUT2D eigenvalue weighted by Crippen LogP contribution is 2.34. The van der Waals surface area contributed by atoms with Crippen LogP contribution in [-0.4, -0.2) is 21.7 Å². The van der Waals surface area contributed by atoms with Crippen molar-refractivity contribution < 1.29 is 4.74 Å². The first kappa shape index (κ1) is 27.1. The Morgan fingerprint density at radius 2 is 2.09 bits per heavy atom. The highest BCUT2D eigenvalue weighted by atomic mass is 35.5. The van der Waals surface area contributed by atoms with Crippen LogP contribution in [0.4, 0.5) is 0 Å². The third kappa shape index (κ3) is 6.94. The maximum absolute atomic E-state index is 6.66. The number of nitrogens with two attached hydrogens (primary N) is 1. The molecule has 33 heavy (non-hydrogen) atoms. The first-order chi connectivity index (χ1) is 15.8. The second kappa shape index (κ2) is 13.0. The van der Waals surface area contributed by atoms with E-state index in [1.165, 1.54) is 0 Å². The SMILES string of the molecule is C=C/C(=N\C(OC(C)c1c(CC)ccc(C)c1Cl)=C(/C)N)c1cnn(C(CCC)CCP)c1. The molecule has 1 heterocycles. The predicted molar refractivity (Wildman–Crippen MR) is 144 cm³/mol. The standard InChI is InChI=1S/C26H38ClN4OP/c1-7-10-22(13-14-33)31-16-21(15-29-31)23(9-3)30-26(18(5)28)32-19(6)24-20(8-2)12-11-17(4)25(24)27/h9,11-12,15-16,19,22H,3,7-8,10,13-14,28,33H2,1-2,4-6H3/b26-18-,30-23+. The Labute approximate surface area is 206 Å². The molecule has 0 aliphatic rings. The lowest BCUT2D eigenvalue weighted by Crippen LogP contribution is -2.11. The van der Waals surface area contributed by atoms with Crippen molar-refractivity contribution in [1.29, 1.82) is 0 Å². The molecule has 2 rings (SSSR count). The Hall–Kier alpha value is -2.10. The summed E-state index contributed by atoms with van der Waals surface area (Å²) in [6, 6.07) is 4.51. The second-order valence-corrected chi connectivity index (χ2v) is 9.26. The second-order valence-electron chi connectivity index (χ2n) is 8.30. The van der Waals surface area contributed by atoms with Gasteiger partial charge in [0.1, 0.15) is 6.10 Å². The topological polar surface area (TPSA) is 65.4 Å². The normalized spacial score (nSPS) is 14.6. The summed E-state index contributed by atoms with van der Waals surface area (Å²) in [7, 11) is 2.80. The summed E-state index contributed by atoms with van der Waals surface area (Å²) >= 11 is 6.66. The molecule has 1 aromatic carbocycles. The van der Waals surface area contributed by atoms with Crippen molar-refractivity contribution in [2.24, 2.45) is 10.7 Å². The fraction of sp³-hybridized carbons (Fsp3) is 0.462. The zero-order valence-corrected chi connectivity index (χ0v) is 22.5. The lowest BCUT2D eigenvalue weighted by Gasteiger charge is -2.21. The van der Waals surface area contributed by atoms with Gasteiger partial charge in [-0.15, -0.1) is 9.24 Å². The molecule has 3 atom stereocenters. The van der Waals surface area contributed by atoms with Crippen LogP contribution < -0.4 is 5.73 Å². The molecule has 180 valence electrons. The molecule has 2 aromatic rings. The van der Waals surface area contributed by atoms with E-state index in [9.17, 15) is 0 Å². The van der Waals surface area contributed by atoms with Gasteiger partial charge in [-0.1, -0.05) is 50.6 Å². The van der Waals surface area contributed by atoms with Crippen molar-refractivity contribution >= 4 is 26.6 Å². The van der Waals surface area contributed by atoms with E-state index in [0.717, 1.165) is 59.1 Å². The van der Waals surface area contributed by atoms with Crippen molar-refractivity contribution in [3.8, 4) is 0 Å². The van der Waals surface area contributed by atoms with Gasteiger partial charge in [-0.25, -0.2) is 4.99 Å². The summed E-state index contributed by atoms with van der Waals surface area (Å²) in [5.74, 6) is 0.361. The van der Waals surface area contributed by atoms with Gasteiger partial charge in [0.05, 0.1) is 28.7 Å². The summed E-state index contributed by atoms with van der Waals surface area (Å²) in [5.41, 5.74) is 11.4. The van der Waals surface area contributed by atoms with Crippen LogP contribution in [0.15, 0.2) is 53.8 Å². The van der Waals surface area contributed by atoms with Crippen molar-refractivity contribution in [3.05, 3.63) is 76.0 Å². The third-order valence-corrected chi connectivity index (χ3v) is 6.52. The Morgan fingerprint density at radius 3 is 2.67 bits per heavy atom. The number of ether oxygens (including phenoxy) is 1. The summed E-state index contributed by atoms with van der Waals surface area (Å²) in [6.07, 6.45) is 10.4. The Bertz CT molecular complexity index is 1000. The summed E-state index contributed by atoms with van der Waals surface area (Å²) < 4.78 is 8.30. The molecule has 0 saturated heterocycles. The summed E-state index contributed by atoms with van der Waals surface area (Å²) in [5, 5.41) is 5.32. The number of allylic oxidation sites excluding steroid dienone is 2. The van der Waals surface area contributed by atoms with Crippen LogP contribution in [0.2, 0.25) is 5.02 Å². The van der Waals surface area contributed by atoms with E-state index in [-0.39, 0.29) is 6.10 Å².